The Bertz CT molecular complexity index is 640. The Labute approximate surface area is 105 Å². The number of Topliss-reactive ketones (excluding diaryl/α,β-unsaturated/α-hetero) is 1. The summed E-state index contributed by atoms with van der Waals surface area (Å²) >= 11 is 0. The molecular formula is C14H15NO3. The second kappa shape index (κ2) is 4.29. The van der Waals surface area contributed by atoms with E-state index in [0.29, 0.717) is 5.56 Å². The molecule has 2 aromatic rings. The summed E-state index contributed by atoms with van der Waals surface area (Å²) in [6.07, 6.45) is 1.63. The molecule has 1 unspecified atom stereocenters. The monoisotopic (exact) mass is 245 g/mol. The summed E-state index contributed by atoms with van der Waals surface area (Å²) in [5.74, 6) is -0.968. The first-order valence-electron chi connectivity index (χ1n) is 5.76. The number of carboxylic acid groups (broad SMARTS) is 1. The maximum atomic E-state index is 11.6. The summed E-state index contributed by atoms with van der Waals surface area (Å²) in [6.45, 7) is 5.04. The van der Waals surface area contributed by atoms with Crippen molar-refractivity contribution in [3.05, 3.63) is 35.5 Å². The molecule has 0 saturated carbocycles. The van der Waals surface area contributed by atoms with Gasteiger partial charge in [0, 0.05) is 22.7 Å². The van der Waals surface area contributed by atoms with E-state index < -0.39 is 12.0 Å². The van der Waals surface area contributed by atoms with Gasteiger partial charge in [0.2, 0.25) is 0 Å². The van der Waals surface area contributed by atoms with Gasteiger partial charge in [-0.3, -0.25) is 4.79 Å². The molecule has 0 saturated heterocycles. The van der Waals surface area contributed by atoms with Gasteiger partial charge in [0.05, 0.1) is 0 Å². The van der Waals surface area contributed by atoms with E-state index in [0.717, 1.165) is 16.5 Å². The fourth-order valence-corrected chi connectivity index (χ4v) is 2.09. The SMILES string of the molecule is CC(=O)c1cn(C(C)C(=O)O)c2ccc(C)cc12. The van der Waals surface area contributed by atoms with Gasteiger partial charge in [0.15, 0.2) is 5.78 Å². The first-order valence-corrected chi connectivity index (χ1v) is 5.76. The molecule has 1 atom stereocenters. The standard InChI is InChI=1S/C14H15NO3/c1-8-4-5-13-11(6-8)12(10(3)16)7-15(13)9(2)14(17)18/h4-7,9H,1-3H3,(H,17,18). The van der Waals surface area contributed by atoms with Crippen molar-refractivity contribution in [2.75, 3.05) is 0 Å². The lowest BCUT2D eigenvalue weighted by atomic mass is 10.1. The van der Waals surface area contributed by atoms with Crippen LogP contribution in [-0.4, -0.2) is 21.4 Å². The van der Waals surface area contributed by atoms with Crippen LogP contribution in [0, 0.1) is 6.92 Å². The molecule has 0 bridgehead atoms. The molecule has 4 nitrogen and oxygen atoms in total. The lowest BCUT2D eigenvalue weighted by Crippen LogP contribution is -2.14. The quantitative estimate of drug-likeness (QED) is 0.846. The molecule has 1 aromatic heterocycles. The van der Waals surface area contributed by atoms with Crippen molar-refractivity contribution in [2.24, 2.45) is 0 Å². The topological polar surface area (TPSA) is 59.3 Å². The number of nitrogens with zero attached hydrogens (tertiary/aromatic N) is 1. The summed E-state index contributed by atoms with van der Waals surface area (Å²) in [6, 6.07) is 4.99. The Morgan fingerprint density at radius 1 is 1.33 bits per heavy atom. The molecule has 0 amide bonds. The number of aryl methyl sites for hydroxylation is 1. The van der Waals surface area contributed by atoms with Crippen molar-refractivity contribution >= 4 is 22.7 Å². The van der Waals surface area contributed by atoms with Crippen LogP contribution in [0.1, 0.15) is 35.8 Å². The Kier molecular flexibility index (Phi) is 2.95. The van der Waals surface area contributed by atoms with Gasteiger partial charge in [0.25, 0.3) is 0 Å². The van der Waals surface area contributed by atoms with Crippen LogP contribution in [0.5, 0.6) is 0 Å². The van der Waals surface area contributed by atoms with Gasteiger partial charge >= 0.3 is 5.97 Å². The predicted molar refractivity (Wildman–Crippen MR) is 69.0 cm³/mol. The molecule has 0 aliphatic rings. The van der Waals surface area contributed by atoms with Crippen LogP contribution in [-0.2, 0) is 4.79 Å². The zero-order valence-corrected chi connectivity index (χ0v) is 10.6. The first-order chi connectivity index (χ1) is 8.41. The van der Waals surface area contributed by atoms with E-state index in [1.165, 1.54) is 6.92 Å². The summed E-state index contributed by atoms with van der Waals surface area (Å²) in [4.78, 5) is 22.7. The molecule has 1 aromatic carbocycles. The molecular weight excluding hydrogens is 230 g/mol. The summed E-state index contributed by atoms with van der Waals surface area (Å²) < 4.78 is 1.63. The number of carbonyl (C=O) groups excluding carboxylic acids is 1. The number of ketones is 1. The average Bonchev–Trinajstić information content (AvgIpc) is 2.66. The number of hydrogen-bond acceptors (Lipinski definition) is 2. The zero-order chi connectivity index (χ0) is 13.4. The summed E-state index contributed by atoms with van der Waals surface area (Å²) in [7, 11) is 0. The third kappa shape index (κ3) is 1.90. The third-order valence-corrected chi connectivity index (χ3v) is 3.14. The molecule has 94 valence electrons. The highest BCUT2D eigenvalue weighted by atomic mass is 16.4. The molecule has 1 N–H and O–H groups in total. The highest BCUT2D eigenvalue weighted by Gasteiger charge is 2.19. The van der Waals surface area contributed by atoms with Gasteiger partial charge in [-0.2, -0.15) is 0 Å². The van der Waals surface area contributed by atoms with Crippen molar-refractivity contribution in [2.45, 2.75) is 26.8 Å². The minimum absolute atomic E-state index is 0.0538. The lowest BCUT2D eigenvalue weighted by molar-refractivity contribution is -0.140. The molecule has 0 fully saturated rings. The van der Waals surface area contributed by atoms with Gasteiger partial charge < -0.3 is 9.67 Å². The number of aromatic nitrogens is 1. The maximum Gasteiger partial charge on any atom is 0.326 e. The van der Waals surface area contributed by atoms with Crippen molar-refractivity contribution in [1.82, 2.24) is 4.57 Å². The van der Waals surface area contributed by atoms with Crippen LogP contribution in [0.15, 0.2) is 24.4 Å². The van der Waals surface area contributed by atoms with Gasteiger partial charge in [-0.25, -0.2) is 4.79 Å². The number of carbonyl (C=O) groups is 2. The normalized spacial score (nSPS) is 12.6. The number of rotatable bonds is 3. The minimum atomic E-state index is -0.914. The molecule has 1 heterocycles. The van der Waals surface area contributed by atoms with E-state index >= 15 is 0 Å². The minimum Gasteiger partial charge on any atom is -0.480 e. The molecule has 2 rings (SSSR count). The lowest BCUT2D eigenvalue weighted by Gasteiger charge is -2.09. The van der Waals surface area contributed by atoms with Crippen molar-refractivity contribution < 1.29 is 14.7 Å². The van der Waals surface area contributed by atoms with E-state index in [-0.39, 0.29) is 5.78 Å². The van der Waals surface area contributed by atoms with Gasteiger partial charge in [0.1, 0.15) is 6.04 Å². The van der Waals surface area contributed by atoms with E-state index in [9.17, 15) is 9.59 Å². The molecule has 18 heavy (non-hydrogen) atoms. The highest BCUT2D eigenvalue weighted by molar-refractivity contribution is 6.07. The molecule has 4 heteroatoms. The van der Waals surface area contributed by atoms with E-state index in [1.807, 2.05) is 25.1 Å². The van der Waals surface area contributed by atoms with E-state index in [1.54, 1.807) is 17.7 Å². The number of carboxylic acids is 1. The van der Waals surface area contributed by atoms with Crippen LogP contribution < -0.4 is 0 Å². The largest absolute Gasteiger partial charge is 0.480 e. The third-order valence-electron chi connectivity index (χ3n) is 3.14. The Balaban J connectivity index is 2.76. The second-order valence-electron chi connectivity index (χ2n) is 4.54. The van der Waals surface area contributed by atoms with Crippen LogP contribution in [0.4, 0.5) is 0 Å². The number of hydrogen-bond donors (Lipinski definition) is 1. The molecule has 0 aliphatic heterocycles. The Morgan fingerprint density at radius 2 is 2.00 bits per heavy atom. The fourth-order valence-electron chi connectivity index (χ4n) is 2.09. The summed E-state index contributed by atoms with van der Waals surface area (Å²) in [5, 5.41) is 9.91. The van der Waals surface area contributed by atoms with Gasteiger partial charge in [-0.05, 0) is 32.9 Å². The van der Waals surface area contributed by atoms with E-state index in [4.69, 9.17) is 5.11 Å². The van der Waals surface area contributed by atoms with E-state index in [2.05, 4.69) is 0 Å². The van der Waals surface area contributed by atoms with Gasteiger partial charge in [-0.1, -0.05) is 11.6 Å². The smallest absolute Gasteiger partial charge is 0.326 e. The second-order valence-corrected chi connectivity index (χ2v) is 4.54. The fraction of sp³-hybridized carbons (Fsp3) is 0.286. The van der Waals surface area contributed by atoms with Gasteiger partial charge in [-0.15, -0.1) is 0 Å². The highest BCUT2D eigenvalue weighted by Crippen LogP contribution is 2.26. The number of benzene rings is 1. The Morgan fingerprint density at radius 3 is 2.56 bits per heavy atom. The van der Waals surface area contributed by atoms with Crippen molar-refractivity contribution in [3.63, 3.8) is 0 Å². The number of fused-ring (bicyclic) bond motifs is 1. The predicted octanol–water partition coefficient (Wildman–Crippen LogP) is 2.80. The molecule has 0 aliphatic carbocycles. The Hall–Kier alpha value is -2.10. The molecule has 0 radical (unpaired) electrons. The first kappa shape index (κ1) is 12.4. The maximum absolute atomic E-state index is 11.6. The average molecular weight is 245 g/mol. The van der Waals surface area contributed by atoms with Crippen LogP contribution >= 0.6 is 0 Å². The van der Waals surface area contributed by atoms with Crippen LogP contribution in [0.25, 0.3) is 10.9 Å². The van der Waals surface area contributed by atoms with Crippen molar-refractivity contribution in [1.29, 1.82) is 0 Å². The molecule has 0 spiro atoms. The summed E-state index contributed by atoms with van der Waals surface area (Å²) in [5.41, 5.74) is 2.40. The van der Waals surface area contributed by atoms with Crippen LogP contribution in [0.3, 0.4) is 0 Å². The van der Waals surface area contributed by atoms with Crippen molar-refractivity contribution in [3.8, 4) is 0 Å². The number of aliphatic carboxylic acids is 1. The zero-order valence-electron chi connectivity index (χ0n) is 10.6. The van der Waals surface area contributed by atoms with Crippen LogP contribution in [0.2, 0.25) is 0 Å².